The summed E-state index contributed by atoms with van der Waals surface area (Å²) in [7, 11) is 1.71. The Morgan fingerprint density at radius 3 is 2.88 bits per heavy atom. The Labute approximate surface area is 107 Å². The molecule has 1 rings (SSSR count). The van der Waals surface area contributed by atoms with Gasteiger partial charge in [0.25, 0.3) is 0 Å². The number of nitrogens with one attached hydrogen (secondary N) is 2. The van der Waals surface area contributed by atoms with E-state index < -0.39 is 0 Å². The molecule has 0 aliphatic rings. The van der Waals surface area contributed by atoms with Crippen LogP contribution >= 0.6 is 12.2 Å². The normalized spacial score (nSPS) is 9.76. The van der Waals surface area contributed by atoms with Crippen LogP contribution in [0.4, 0.5) is 0 Å². The Balaban J connectivity index is 2.68. The fraction of sp³-hybridized carbons (Fsp3) is 0.364. The second-order valence-electron chi connectivity index (χ2n) is 3.61. The van der Waals surface area contributed by atoms with Crippen molar-refractivity contribution in [1.29, 1.82) is 5.41 Å². The van der Waals surface area contributed by atoms with Gasteiger partial charge < -0.3 is 11.1 Å². The first kappa shape index (κ1) is 13.4. The molecule has 0 aliphatic carbocycles. The molecule has 0 spiro atoms. The number of hydrogen-bond acceptors (Lipinski definition) is 3. The molecule has 0 saturated heterocycles. The quantitative estimate of drug-likeness (QED) is 0.417. The molecule has 0 aromatic carbocycles. The minimum atomic E-state index is -0.0575. The van der Waals surface area contributed by atoms with Crippen molar-refractivity contribution in [2.75, 3.05) is 13.6 Å². The second-order valence-corrected chi connectivity index (χ2v) is 4.00. The first-order valence-corrected chi connectivity index (χ1v) is 5.71. The highest BCUT2D eigenvalue weighted by molar-refractivity contribution is 7.80. The van der Waals surface area contributed by atoms with Gasteiger partial charge in [-0.15, -0.1) is 0 Å². The molecule has 0 unspecified atom stereocenters. The molecule has 5 nitrogen and oxygen atoms in total. The van der Waals surface area contributed by atoms with Crippen LogP contribution in [0.15, 0.2) is 18.3 Å². The van der Waals surface area contributed by atoms with E-state index in [0.717, 1.165) is 11.3 Å². The van der Waals surface area contributed by atoms with Crippen molar-refractivity contribution in [1.82, 2.24) is 15.2 Å². The molecule has 0 amide bonds. The van der Waals surface area contributed by atoms with Crippen LogP contribution in [0.1, 0.15) is 11.3 Å². The average Bonchev–Trinajstić information content (AvgIpc) is 2.30. The molecule has 0 aliphatic heterocycles. The molecular formula is C11H17N5S. The molecule has 0 saturated carbocycles. The molecule has 1 aromatic heterocycles. The number of thiocarbonyl (C=S) groups is 1. The van der Waals surface area contributed by atoms with Gasteiger partial charge in [0.05, 0.1) is 0 Å². The number of nitrogens with zero attached hydrogens (tertiary/aromatic N) is 2. The molecule has 1 heterocycles. The van der Waals surface area contributed by atoms with E-state index in [1.165, 1.54) is 0 Å². The summed E-state index contributed by atoms with van der Waals surface area (Å²) in [6.45, 7) is 2.56. The molecule has 0 bridgehead atoms. The topological polar surface area (TPSA) is 78.0 Å². The molecule has 92 valence electrons. The van der Waals surface area contributed by atoms with E-state index >= 15 is 0 Å². The molecule has 1 aromatic rings. The standard InChI is InChI=1S/C11H17N5S/c1-8-4-3-6-15-9(8)5-7-16(10(12)13)11(17)14-2/h3-4,6H,5,7H2,1-2H3,(H3,12,13)(H,14,17). The van der Waals surface area contributed by atoms with Crippen molar-refractivity contribution in [2.45, 2.75) is 13.3 Å². The summed E-state index contributed by atoms with van der Waals surface area (Å²) in [5, 5.41) is 10.7. The highest BCUT2D eigenvalue weighted by Gasteiger charge is 2.11. The minimum Gasteiger partial charge on any atom is -0.370 e. The molecule has 6 heteroatoms. The summed E-state index contributed by atoms with van der Waals surface area (Å²) < 4.78 is 0. The van der Waals surface area contributed by atoms with Crippen molar-refractivity contribution in [3.05, 3.63) is 29.6 Å². The number of pyridine rings is 1. The van der Waals surface area contributed by atoms with Crippen LogP contribution in [-0.2, 0) is 6.42 Å². The monoisotopic (exact) mass is 251 g/mol. The lowest BCUT2D eigenvalue weighted by atomic mass is 10.1. The highest BCUT2D eigenvalue weighted by Crippen LogP contribution is 2.05. The maximum absolute atomic E-state index is 7.46. The van der Waals surface area contributed by atoms with E-state index in [9.17, 15) is 0 Å². The van der Waals surface area contributed by atoms with Crippen molar-refractivity contribution < 1.29 is 0 Å². The van der Waals surface area contributed by atoms with Crippen molar-refractivity contribution in [2.24, 2.45) is 5.73 Å². The second kappa shape index (κ2) is 6.15. The van der Waals surface area contributed by atoms with Gasteiger partial charge in [-0.25, -0.2) is 0 Å². The number of rotatable bonds is 3. The number of aromatic nitrogens is 1. The Morgan fingerprint density at radius 1 is 1.65 bits per heavy atom. The zero-order valence-electron chi connectivity index (χ0n) is 10.0. The zero-order valence-corrected chi connectivity index (χ0v) is 10.8. The number of aryl methyl sites for hydroxylation is 1. The number of hydrogen-bond donors (Lipinski definition) is 3. The highest BCUT2D eigenvalue weighted by atomic mass is 32.1. The predicted molar refractivity (Wildman–Crippen MR) is 73.0 cm³/mol. The van der Waals surface area contributed by atoms with E-state index in [-0.39, 0.29) is 5.96 Å². The van der Waals surface area contributed by atoms with Gasteiger partial charge >= 0.3 is 0 Å². The molecular weight excluding hydrogens is 234 g/mol. The Morgan fingerprint density at radius 2 is 2.35 bits per heavy atom. The summed E-state index contributed by atoms with van der Waals surface area (Å²) in [6.07, 6.45) is 2.46. The fourth-order valence-corrected chi connectivity index (χ4v) is 1.65. The smallest absolute Gasteiger partial charge is 0.194 e. The van der Waals surface area contributed by atoms with Gasteiger partial charge in [0.2, 0.25) is 0 Å². The van der Waals surface area contributed by atoms with E-state index in [1.807, 2.05) is 19.1 Å². The number of nitrogens with two attached hydrogens (primary N) is 1. The van der Waals surface area contributed by atoms with Crippen LogP contribution in [0.3, 0.4) is 0 Å². The van der Waals surface area contributed by atoms with Crippen LogP contribution in [-0.4, -0.2) is 34.5 Å². The van der Waals surface area contributed by atoms with E-state index in [0.29, 0.717) is 18.1 Å². The largest absolute Gasteiger partial charge is 0.370 e. The zero-order chi connectivity index (χ0) is 12.8. The van der Waals surface area contributed by atoms with Gasteiger partial charge in [0.1, 0.15) is 0 Å². The molecule has 0 radical (unpaired) electrons. The lowest BCUT2D eigenvalue weighted by molar-refractivity contribution is 0.581. The summed E-state index contributed by atoms with van der Waals surface area (Å²) in [5.41, 5.74) is 7.61. The summed E-state index contributed by atoms with van der Waals surface area (Å²) in [6, 6.07) is 3.91. The van der Waals surface area contributed by atoms with Gasteiger partial charge in [-0.05, 0) is 30.8 Å². The summed E-state index contributed by atoms with van der Waals surface area (Å²) in [4.78, 5) is 5.84. The van der Waals surface area contributed by atoms with Gasteiger partial charge in [-0.1, -0.05) is 6.07 Å². The van der Waals surface area contributed by atoms with Crippen LogP contribution in [0.5, 0.6) is 0 Å². The third kappa shape index (κ3) is 3.67. The first-order chi connectivity index (χ1) is 8.06. The molecule has 17 heavy (non-hydrogen) atoms. The van der Waals surface area contributed by atoms with E-state index in [2.05, 4.69) is 10.3 Å². The molecule has 0 atom stereocenters. The summed E-state index contributed by atoms with van der Waals surface area (Å²) >= 11 is 5.07. The maximum atomic E-state index is 7.46. The fourth-order valence-electron chi connectivity index (χ4n) is 1.46. The summed E-state index contributed by atoms with van der Waals surface area (Å²) in [5.74, 6) is -0.0575. The van der Waals surface area contributed by atoms with Crippen LogP contribution < -0.4 is 11.1 Å². The average molecular weight is 251 g/mol. The lowest BCUT2D eigenvalue weighted by Crippen LogP contribution is -2.46. The van der Waals surface area contributed by atoms with Crippen molar-refractivity contribution in [3.8, 4) is 0 Å². The predicted octanol–water partition coefficient (Wildman–Crippen LogP) is 0.632. The third-order valence-electron chi connectivity index (χ3n) is 2.44. The third-order valence-corrected chi connectivity index (χ3v) is 2.86. The van der Waals surface area contributed by atoms with Gasteiger partial charge in [0, 0.05) is 31.9 Å². The van der Waals surface area contributed by atoms with E-state index in [4.69, 9.17) is 23.4 Å². The minimum absolute atomic E-state index is 0.0575. The van der Waals surface area contributed by atoms with Gasteiger partial charge in [-0.3, -0.25) is 15.3 Å². The molecule has 0 fully saturated rings. The van der Waals surface area contributed by atoms with E-state index in [1.54, 1.807) is 18.1 Å². The maximum Gasteiger partial charge on any atom is 0.194 e. The lowest BCUT2D eigenvalue weighted by Gasteiger charge is -2.22. The molecule has 4 N–H and O–H groups in total. The van der Waals surface area contributed by atoms with Crippen molar-refractivity contribution >= 4 is 23.3 Å². The van der Waals surface area contributed by atoms with Crippen LogP contribution in [0, 0.1) is 12.3 Å². The Hall–Kier alpha value is -1.69. The first-order valence-electron chi connectivity index (χ1n) is 5.30. The van der Waals surface area contributed by atoms with Gasteiger partial charge in [0.15, 0.2) is 11.1 Å². The Bertz CT molecular complexity index is 418. The van der Waals surface area contributed by atoms with Gasteiger partial charge in [-0.2, -0.15) is 0 Å². The van der Waals surface area contributed by atoms with Crippen molar-refractivity contribution in [3.63, 3.8) is 0 Å². The Kier molecular flexibility index (Phi) is 4.84. The SMILES string of the molecule is CNC(=S)N(CCc1ncccc1C)C(=N)N. The van der Waals surface area contributed by atoms with Crippen LogP contribution in [0.25, 0.3) is 0 Å². The van der Waals surface area contributed by atoms with Crippen LogP contribution in [0.2, 0.25) is 0 Å². The number of guanidine groups is 1.